The number of carbonyl (C=O) groups excluding carboxylic acids is 1. The van der Waals surface area contributed by atoms with Gasteiger partial charge in [0.05, 0.1) is 6.61 Å². The third-order valence-corrected chi connectivity index (χ3v) is 3.77. The van der Waals surface area contributed by atoms with E-state index in [1.165, 1.54) is 0 Å². The molecule has 2 rings (SSSR count). The number of nitrogens with one attached hydrogen (secondary N) is 1. The van der Waals surface area contributed by atoms with Crippen LogP contribution in [0.2, 0.25) is 0 Å². The summed E-state index contributed by atoms with van der Waals surface area (Å²) in [5.41, 5.74) is 0.807. The van der Waals surface area contributed by atoms with Crippen LogP contribution in [0.1, 0.15) is 24.2 Å². The highest BCUT2D eigenvalue weighted by molar-refractivity contribution is 5.96. The van der Waals surface area contributed by atoms with Crippen LogP contribution in [0.15, 0.2) is 33.5 Å². The normalized spacial score (nSPS) is 10.8. The smallest absolute Gasteiger partial charge is 0.349 e. The minimum absolute atomic E-state index is 0.00675. The van der Waals surface area contributed by atoms with Gasteiger partial charge in [0.2, 0.25) is 0 Å². The van der Waals surface area contributed by atoms with E-state index in [0.29, 0.717) is 30.7 Å². The van der Waals surface area contributed by atoms with Gasteiger partial charge in [-0.1, -0.05) is 0 Å². The van der Waals surface area contributed by atoms with Crippen molar-refractivity contribution in [3.63, 3.8) is 0 Å². The van der Waals surface area contributed by atoms with E-state index in [-0.39, 0.29) is 5.56 Å². The van der Waals surface area contributed by atoms with Gasteiger partial charge in [-0.2, -0.15) is 0 Å². The first kappa shape index (κ1) is 18.0. The molecule has 24 heavy (non-hydrogen) atoms. The molecule has 1 aromatic carbocycles. The van der Waals surface area contributed by atoms with E-state index in [2.05, 4.69) is 31.0 Å². The molecule has 0 aliphatic heterocycles. The van der Waals surface area contributed by atoms with E-state index >= 15 is 0 Å². The van der Waals surface area contributed by atoms with Crippen LogP contribution in [0.4, 0.5) is 5.69 Å². The minimum Gasteiger partial charge on any atom is -0.422 e. The Balaban J connectivity index is 2.25. The fourth-order valence-electron chi connectivity index (χ4n) is 2.48. The predicted molar refractivity (Wildman–Crippen MR) is 94.6 cm³/mol. The number of amides is 1. The van der Waals surface area contributed by atoms with Gasteiger partial charge in [-0.3, -0.25) is 4.79 Å². The SMILES string of the molecule is [CH2]COCCNC(=O)c1cc2ccc(N(CC)CC)cc2oc1=O. The summed E-state index contributed by atoms with van der Waals surface area (Å²) in [4.78, 5) is 26.3. The molecule has 129 valence electrons. The number of benzene rings is 1. The average molecular weight is 331 g/mol. The van der Waals surface area contributed by atoms with Gasteiger partial charge in [0.1, 0.15) is 11.1 Å². The number of anilines is 1. The Labute approximate surface area is 141 Å². The Morgan fingerprint density at radius 2 is 2.04 bits per heavy atom. The van der Waals surface area contributed by atoms with Gasteiger partial charge in [0, 0.05) is 43.4 Å². The molecule has 0 aliphatic carbocycles. The molecule has 1 radical (unpaired) electrons. The quantitative estimate of drug-likeness (QED) is 0.593. The fraction of sp³-hybridized carbons (Fsp3) is 0.389. The molecule has 0 spiro atoms. The van der Waals surface area contributed by atoms with E-state index < -0.39 is 11.5 Å². The molecule has 0 bridgehead atoms. The molecule has 2 aromatic rings. The molecule has 1 aromatic heterocycles. The second kappa shape index (κ2) is 8.49. The largest absolute Gasteiger partial charge is 0.422 e. The van der Waals surface area contributed by atoms with Gasteiger partial charge in [-0.25, -0.2) is 4.79 Å². The van der Waals surface area contributed by atoms with Crippen LogP contribution < -0.4 is 15.8 Å². The lowest BCUT2D eigenvalue weighted by Gasteiger charge is -2.21. The lowest BCUT2D eigenvalue weighted by molar-refractivity contribution is 0.0924. The predicted octanol–water partition coefficient (Wildman–Crippen LogP) is 2.22. The van der Waals surface area contributed by atoms with Gasteiger partial charge in [-0.15, -0.1) is 0 Å². The highest BCUT2D eigenvalue weighted by atomic mass is 16.5. The number of ether oxygens (including phenoxy) is 1. The van der Waals surface area contributed by atoms with Crippen molar-refractivity contribution in [3.05, 3.63) is 47.2 Å². The number of rotatable bonds is 8. The van der Waals surface area contributed by atoms with Gasteiger partial charge in [0.15, 0.2) is 0 Å². The van der Waals surface area contributed by atoms with Crippen LogP contribution >= 0.6 is 0 Å². The Morgan fingerprint density at radius 1 is 1.29 bits per heavy atom. The lowest BCUT2D eigenvalue weighted by Crippen LogP contribution is -2.31. The summed E-state index contributed by atoms with van der Waals surface area (Å²) in [6.07, 6.45) is 0. The number of hydrogen-bond acceptors (Lipinski definition) is 5. The standard InChI is InChI=1S/C18H23N2O4/c1-4-20(5-2)14-8-7-13-11-15(18(22)24-16(13)12-14)17(21)19-9-10-23-6-3/h7-8,11-12H,3-6,9-10H2,1-2H3,(H,19,21). The number of hydrogen-bond donors (Lipinski definition) is 1. The molecule has 0 atom stereocenters. The summed E-state index contributed by atoms with van der Waals surface area (Å²) in [6.45, 7) is 10.4. The molecule has 0 fully saturated rings. The topological polar surface area (TPSA) is 71.8 Å². The molecule has 1 N–H and O–H groups in total. The maximum absolute atomic E-state index is 12.1. The summed E-state index contributed by atoms with van der Waals surface area (Å²) < 4.78 is 10.4. The molecule has 0 saturated heterocycles. The molecular weight excluding hydrogens is 308 g/mol. The Kier molecular flexibility index (Phi) is 6.37. The Hall–Kier alpha value is -2.34. The Morgan fingerprint density at radius 3 is 2.71 bits per heavy atom. The van der Waals surface area contributed by atoms with Crippen LogP contribution in [0.25, 0.3) is 11.0 Å². The zero-order valence-electron chi connectivity index (χ0n) is 14.1. The van der Waals surface area contributed by atoms with E-state index in [1.807, 2.05) is 18.2 Å². The number of nitrogens with zero attached hydrogens (tertiary/aromatic N) is 1. The van der Waals surface area contributed by atoms with Gasteiger partial charge < -0.3 is 19.4 Å². The van der Waals surface area contributed by atoms with Crippen LogP contribution in [0.3, 0.4) is 0 Å². The molecular formula is C18H23N2O4. The first-order chi connectivity index (χ1) is 11.6. The monoisotopic (exact) mass is 331 g/mol. The summed E-state index contributed by atoms with van der Waals surface area (Å²) >= 11 is 0. The van der Waals surface area contributed by atoms with E-state index in [4.69, 9.17) is 9.15 Å². The van der Waals surface area contributed by atoms with Crippen molar-refractivity contribution in [1.29, 1.82) is 0 Å². The molecule has 6 nitrogen and oxygen atoms in total. The fourth-order valence-corrected chi connectivity index (χ4v) is 2.48. The van der Waals surface area contributed by atoms with Crippen molar-refractivity contribution in [1.82, 2.24) is 5.32 Å². The molecule has 0 aliphatic rings. The third-order valence-electron chi connectivity index (χ3n) is 3.77. The van der Waals surface area contributed by atoms with Crippen molar-refractivity contribution < 1.29 is 13.9 Å². The second-order valence-corrected chi connectivity index (χ2v) is 5.21. The van der Waals surface area contributed by atoms with Crippen LogP contribution in [0, 0.1) is 6.92 Å². The minimum atomic E-state index is -0.644. The first-order valence-electron chi connectivity index (χ1n) is 8.08. The maximum Gasteiger partial charge on any atom is 0.349 e. The molecule has 0 saturated carbocycles. The molecule has 1 heterocycles. The zero-order chi connectivity index (χ0) is 17.5. The average Bonchev–Trinajstić information content (AvgIpc) is 2.59. The highest BCUT2D eigenvalue weighted by Crippen LogP contribution is 2.21. The third kappa shape index (κ3) is 4.14. The lowest BCUT2D eigenvalue weighted by atomic mass is 10.1. The van der Waals surface area contributed by atoms with E-state index in [9.17, 15) is 9.59 Å². The number of carbonyl (C=O) groups is 1. The van der Waals surface area contributed by atoms with Gasteiger partial charge in [-0.05, 0) is 39.0 Å². The summed E-state index contributed by atoms with van der Waals surface area (Å²) in [5.74, 6) is -0.467. The zero-order valence-corrected chi connectivity index (χ0v) is 14.1. The van der Waals surface area contributed by atoms with Crippen LogP contribution in [0.5, 0.6) is 0 Å². The summed E-state index contributed by atoms with van der Waals surface area (Å²) in [5, 5.41) is 3.34. The first-order valence-corrected chi connectivity index (χ1v) is 8.08. The summed E-state index contributed by atoms with van der Waals surface area (Å²) in [7, 11) is 0. The van der Waals surface area contributed by atoms with Crippen molar-refractivity contribution >= 4 is 22.6 Å². The van der Waals surface area contributed by atoms with Crippen molar-refractivity contribution in [3.8, 4) is 0 Å². The molecule has 6 heteroatoms. The van der Waals surface area contributed by atoms with Gasteiger partial charge in [0.25, 0.3) is 5.91 Å². The number of fused-ring (bicyclic) bond motifs is 1. The van der Waals surface area contributed by atoms with E-state index in [1.54, 1.807) is 6.07 Å². The van der Waals surface area contributed by atoms with Crippen LogP contribution in [-0.2, 0) is 4.74 Å². The molecule has 1 amide bonds. The second-order valence-electron chi connectivity index (χ2n) is 5.21. The van der Waals surface area contributed by atoms with Crippen molar-refractivity contribution in [2.75, 3.05) is 37.7 Å². The van der Waals surface area contributed by atoms with Crippen molar-refractivity contribution in [2.45, 2.75) is 13.8 Å². The maximum atomic E-state index is 12.1. The highest BCUT2D eigenvalue weighted by Gasteiger charge is 2.14. The van der Waals surface area contributed by atoms with Crippen molar-refractivity contribution in [2.24, 2.45) is 0 Å². The Bertz CT molecular complexity index is 750. The van der Waals surface area contributed by atoms with Crippen LogP contribution in [-0.4, -0.2) is 38.8 Å². The van der Waals surface area contributed by atoms with E-state index in [0.717, 1.165) is 18.8 Å². The molecule has 0 unspecified atom stereocenters. The van der Waals surface area contributed by atoms with Gasteiger partial charge >= 0.3 is 5.63 Å². The summed E-state index contributed by atoms with van der Waals surface area (Å²) in [6, 6.07) is 7.20.